The molecule has 2 rings (SSSR count). The molecule has 0 saturated carbocycles. The maximum Gasteiger partial charge on any atom is 0.227 e. The van der Waals surface area contributed by atoms with Gasteiger partial charge in [0.2, 0.25) is 5.91 Å². The highest BCUT2D eigenvalue weighted by Crippen LogP contribution is 2.20. The fraction of sp³-hybridized carbons (Fsp3) is 0.375. The van der Waals surface area contributed by atoms with Crippen molar-refractivity contribution in [2.24, 2.45) is 0 Å². The largest absolute Gasteiger partial charge is 0.378 e. The average molecular weight is 304 g/mol. The summed E-state index contributed by atoms with van der Waals surface area (Å²) < 4.78 is 5.08. The third-order valence-electron chi connectivity index (χ3n) is 3.20. The van der Waals surface area contributed by atoms with Crippen LogP contribution in [-0.4, -0.2) is 29.9 Å². The number of nitrogens with zero attached hydrogens (tertiary/aromatic N) is 2. The fourth-order valence-corrected chi connectivity index (χ4v) is 3.09. The molecular formula is C16H20N2O2S. The molecule has 5 heteroatoms. The molecule has 0 radical (unpaired) electrons. The molecule has 0 bridgehead atoms. The zero-order valence-corrected chi connectivity index (χ0v) is 13.4. The number of likely N-dealkylation sites (N-methyl/N-ethyl adjacent to an activating group) is 1. The molecule has 0 saturated heterocycles. The van der Waals surface area contributed by atoms with Crippen molar-refractivity contribution in [3.05, 3.63) is 51.5 Å². The van der Waals surface area contributed by atoms with Crippen molar-refractivity contribution in [1.82, 2.24) is 9.88 Å². The van der Waals surface area contributed by atoms with Crippen LogP contribution in [0.25, 0.3) is 0 Å². The molecule has 0 spiro atoms. The second-order valence-electron chi connectivity index (χ2n) is 4.96. The second-order valence-corrected chi connectivity index (χ2v) is 6.13. The topological polar surface area (TPSA) is 42.4 Å². The van der Waals surface area contributed by atoms with Crippen LogP contribution in [0.1, 0.15) is 21.1 Å². The van der Waals surface area contributed by atoms with Gasteiger partial charge in [0.05, 0.1) is 18.7 Å². The Labute approximate surface area is 129 Å². The van der Waals surface area contributed by atoms with E-state index in [9.17, 15) is 4.79 Å². The van der Waals surface area contributed by atoms with E-state index in [0.29, 0.717) is 19.6 Å². The van der Waals surface area contributed by atoms with Crippen LogP contribution in [0.2, 0.25) is 0 Å². The van der Waals surface area contributed by atoms with Crippen LogP contribution >= 0.6 is 11.3 Å². The van der Waals surface area contributed by atoms with Crippen molar-refractivity contribution in [2.45, 2.75) is 26.5 Å². The van der Waals surface area contributed by atoms with Gasteiger partial charge in [-0.3, -0.25) is 4.79 Å². The minimum Gasteiger partial charge on any atom is -0.378 e. The Kier molecular flexibility index (Phi) is 5.47. The lowest BCUT2D eigenvalue weighted by atomic mass is 10.2. The number of hydrogen-bond acceptors (Lipinski definition) is 4. The Bertz CT molecular complexity index is 596. The Hall–Kier alpha value is -1.72. The van der Waals surface area contributed by atoms with Crippen molar-refractivity contribution in [2.75, 3.05) is 14.2 Å². The molecule has 1 aromatic heterocycles. The number of thiazole rings is 1. The van der Waals surface area contributed by atoms with E-state index >= 15 is 0 Å². The van der Waals surface area contributed by atoms with Crippen LogP contribution in [0.3, 0.4) is 0 Å². The van der Waals surface area contributed by atoms with Gasteiger partial charge < -0.3 is 9.64 Å². The van der Waals surface area contributed by atoms with Crippen LogP contribution in [-0.2, 0) is 29.1 Å². The van der Waals surface area contributed by atoms with Crippen molar-refractivity contribution in [1.29, 1.82) is 0 Å². The van der Waals surface area contributed by atoms with Gasteiger partial charge >= 0.3 is 0 Å². The third-order valence-corrected chi connectivity index (χ3v) is 4.34. The van der Waals surface area contributed by atoms with Crippen LogP contribution in [0.5, 0.6) is 0 Å². The summed E-state index contributed by atoms with van der Waals surface area (Å²) in [5.41, 5.74) is 2.06. The third kappa shape index (κ3) is 4.37. The molecule has 0 aliphatic heterocycles. The Morgan fingerprint density at radius 1 is 1.33 bits per heavy atom. The molecule has 0 unspecified atom stereocenters. The van der Waals surface area contributed by atoms with Gasteiger partial charge in [0.1, 0.15) is 5.01 Å². The zero-order valence-electron chi connectivity index (χ0n) is 12.6. The molecule has 0 N–H and O–H groups in total. The number of aryl methyl sites for hydroxylation is 1. The van der Waals surface area contributed by atoms with E-state index in [1.54, 1.807) is 23.3 Å². The number of methoxy groups -OCH3 is 1. The fourth-order valence-electron chi connectivity index (χ4n) is 2.06. The summed E-state index contributed by atoms with van der Waals surface area (Å²) in [5.74, 6) is 0.106. The van der Waals surface area contributed by atoms with Gasteiger partial charge in [-0.05, 0) is 12.5 Å². The average Bonchev–Trinajstić information content (AvgIpc) is 2.80. The molecule has 21 heavy (non-hydrogen) atoms. The quantitative estimate of drug-likeness (QED) is 0.824. The molecule has 0 aliphatic rings. The van der Waals surface area contributed by atoms with Crippen LogP contribution in [0.4, 0.5) is 0 Å². The van der Waals surface area contributed by atoms with Crippen molar-refractivity contribution >= 4 is 17.2 Å². The van der Waals surface area contributed by atoms with Crippen molar-refractivity contribution in [3.8, 4) is 0 Å². The summed E-state index contributed by atoms with van der Waals surface area (Å²) in [4.78, 5) is 19.5. The Morgan fingerprint density at radius 3 is 2.71 bits per heavy atom. The van der Waals surface area contributed by atoms with Gasteiger partial charge in [0.25, 0.3) is 0 Å². The number of amides is 1. The summed E-state index contributed by atoms with van der Waals surface area (Å²) in [6, 6.07) is 10.00. The number of carbonyl (C=O) groups is 1. The first-order valence-electron chi connectivity index (χ1n) is 6.82. The molecule has 2 aromatic rings. The van der Waals surface area contributed by atoms with E-state index in [2.05, 4.69) is 4.98 Å². The van der Waals surface area contributed by atoms with Gasteiger partial charge in [-0.25, -0.2) is 4.98 Å². The molecule has 1 aromatic carbocycles. The first kappa shape index (κ1) is 15.7. The number of benzene rings is 1. The molecular weight excluding hydrogens is 284 g/mol. The minimum atomic E-state index is 0.106. The summed E-state index contributed by atoms with van der Waals surface area (Å²) >= 11 is 1.55. The first-order valence-corrected chi connectivity index (χ1v) is 7.63. The molecule has 112 valence electrons. The summed E-state index contributed by atoms with van der Waals surface area (Å²) in [7, 11) is 3.48. The lowest BCUT2D eigenvalue weighted by Gasteiger charge is -2.17. The summed E-state index contributed by atoms with van der Waals surface area (Å²) in [5, 5.41) is 0.920. The van der Waals surface area contributed by atoms with E-state index in [-0.39, 0.29) is 5.91 Å². The molecule has 4 nitrogen and oxygen atoms in total. The number of aromatic nitrogens is 1. The Morgan fingerprint density at radius 2 is 2.05 bits per heavy atom. The summed E-state index contributed by atoms with van der Waals surface area (Å²) in [6.45, 7) is 3.07. The van der Waals surface area contributed by atoms with Gasteiger partial charge in [0, 0.05) is 25.6 Å². The normalized spacial score (nSPS) is 10.6. The number of carbonyl (C=O) groups excluding carboxylic acids is 1. The van der Waals surface area contributed by atoms with Crippen molar-refractivity contribution in [3.63, 3.8) is 0 Å². The van der Waals surface area contributed by atoms with E-state index in [1.165, 1.54) is 0 Å². The Balaban J connectivity index is 1.97. The van der Waals surface area contributed by atoms with Gasteiger partial charge in [-0.2, -0.15) is 0 Å². The number of ether oxygens (including phenoxy) is 1. The standard InChI is InChI=1S/C16H20N2O2S/c1-12-14(21-15(17-12)11-20-3)9-16(19)18(2)10-13-7-5-4-6-8-13/h4-8H,9-11H2,1-3H3. The predicted octanol–water partition coefficient (Wildman–Crippen LogP) is 2.80. The minimum absolute atomic E-state index is 0.106. The highest BCUT2D eigenvalue weighted by Gasteiger charge is 2.15. The van der Waals surface area contributed by atoms with E-state index in [0.717, 1.165) is 21.1 Å². The van der Waals surface area contributed by atoms with Crippen LogP contribution in [0.15, 0.2) is 30.3 Å². The molecule has 0 atom stereocenters. The van der Waals surface area contributed by atoms with Gasteiger partial charge in [-0.1, -0.05) is 30.3 Å². The lowest BCUT2D eigenvalue weighted by molar-refractivity contribution is -0.129. The maximum absolute atomic E-state index is 12.3. The zero-order chi connectivity index (χ0) is 15.2. The van der Waals surface area contributed by atoms with E-state index in [1.807, 2.05) is 44.3 Å². The highest BCUT2D eigenvalue weighted by molar-refractivity contribution is 7.11. The van der Waals surface area contributed by atoms with Crippen LogP contribution in [0, 0.1) is 6.92 Å². The molecule has 1 heterocycles. The van der Waals surface area contributed by atoms with Gasteiger partial charge in [0.15, 0.2) is 0 Å². The second kappa shape index (κ2) is 7.33. The van der Waals surface area contributed by atoms with Crippen LogP contribution < -0.4 is 0 Å². The number of hydrogen-bond donors (Lipinski definition) is 0. The first-order chi connectivity index (χ1) is 10.1. The maximum atomic E-state index is 12.3. The molecule has 1 amide bonds. The van der Waals surface area contributed by atoms with E-state index < -0.39 is 0 Å². The van der Waals surface area contributed by atoms with E-state index in [4.69, 9.17) is 4.74 Å². The monoisotopic (exact) mass is 304 g/mol. The number of rotatable bonds is 6. The predicted molar refractivity (Wildman–Crippen MR) is 84.2 cm³/mol. The highest BCUT2D eigenvalue weighted by atomic mass is 32.1. The lowest BCUT2D eigenvalue weighted by Crippen LogP contribution is -2.27. The smallest absolute Gasteiger partial charge is 0.227 e. The van der Waals surface area contributed by atoms with Gasteiger partial charge in [-0.15, -0.1) is 11.3 Å². The van der Waals surface area contributed by atoms with Crippen molar-refractivity contribution < 1.29 is 9.53 Å². The molecule has 0 aliphatic carbocycles. The summed E-state index contributed by atoms with van der Waals surface area (Å²) in [6.07, 6.45) is 0.399. The molecule has 0 fully saturated rings. The SMILES string of the molecule is COCc1nc(C)c(CC(=O)N(C)Cc2ccccc2)s1.